The summed E-state index contributed by atoms with van der Waals surface area (Å²) in [4.78, 5) is 9.42. The summed E-state index contributed by atoms with van der Waals surface area (Å²) in [5.41, 5.74) is 1.20. The second-order valence-electron chi connectivity index (χ2n) is 7.64. The molecule has 0 aliphatic carbocycles. The first-order chi connectivity index (χ1) is 14.6. The SMILES string of the molecule is CCNC(=NCCN(C)CCOC)NC1CCN(Cc2cc(OC)cc(OC)c2)C1. The number of rotatable bonds is 12. The number of ether oxygens (including phenoxy) is 3. The minimum absolute atomic E-state index is 0.390. The van der Waals surface area contributed by atoms with Gasteiger partial charge in [-0.25, -0.2) is 0 Å². The Balaban J connectivity index is 1.85. The molecule has 2 N–H and O–H groups in total. The summed E-state index contributed by atoms with van der Waals surface area (Å²) in [5, 5.41) is 6.96. The van der Waals surface area contributed by atoms with E-state index in [1.165, 1.54) is 5.56 Å². The van der Waals surface area contributed by atoms with Crippen molar-refractivity contribution in [1.82, 2.24) is 20.4 Å². The number of hydrogen-bond acceptors (Lipinski definition) is 6. The van der Waals surface area contributed by atoms with Crippen LogP contribution < -0.4 is 20.1 Å². The van der Waals surface area contributed by atoms with Gasteiger partial charge in [0.1, 0.15) is 11.5 Å². The van der Waals surface area contributed by atoms with E-state index in [1.54, 1.807) is 21.3 Å². The highest BCUT2D eigenvalue weighted by atomic mass is 16.5. The third-order valence-electron chi connectivity index (χ3n) is 5.20. The van der Waals surface area contributed by atoms with Crippen molar-refractivity contribution in [2.45, 2.75) is 25.9 Å². The molecule has 1 aliphatic rings. The highest BCUT2D eigenvalue weighted by Crippen LogP contribution is 2.24. The standard InChI is InChI=1S/C22H39N5O3/c1-6-23-22(24-8-10-26(2)11-12-28-3)25-19-7-9-27(17-19)16-18-13-20(29-4)15-21(14-18)30-5/h13-15,19H,6-12,16-17H2,1-5H3,(H2,23,24,25). The fourth-order valence-electron chi connectivity index (χ4n) is 3.51. The van der Waals surface area contributed by atoms with Crippen LogP contribution in [-0.4, -0.2) is 96.1 Å². The number of benzene rings is 1. The lowest BCUT2D eigenvalue weighted by molar-refractivity contribution is 0.163. The third-order valence-corrected chi connectivity index (χ3v) is 5.20. The predicted molar refractivity (Wildman–Crippen MR) is 122 cm³/mol. The molecule has 1 aliphatic heterocycles. The average Bonchev–Trinajstić information content (AvgIpc) is 3.18. The van der Waals surface area contributed by atoms with E-state index in [1.807, 2.05) is 6.07 Å². The van der Waals surface area contributed by atoms with Gasteiger partial charge in [0.25, 0.3) is 0 Å². The van der Waals surface area contributed by atoms with Crippen LogP contribution in [0.2, 0.25) is 0 Å². The molecule has 1 aromatic rings. The fraction of sp³-hybridized carbons (Fsp3) is 0.682. The van der Waals surface area contributed by atoms with Gasteiger partial charge in [0, 0.05) is 58.5 Å². The highest BCUT2D eigenvalue weighted by Gasteiger charge is 2.23. The Bertz CT molecular complexity index is 633. The third kappa shape index (κ3) is 8.38. The van der Waals surface area contributed by atoms with Crippen molar-refractivity contribution >= 4 is 5.96 Å². The van der Waals surface area contributed by atoms with Crippen molar-refractivity contribution in [3.63, 3.8) is 0 Å². The van der Waals surface area contributed by atoms with Crippen molar-refractivity contribution in [2.24, 2.45) is 4.99 Å². The molecule has 0 amide bonds. The molecule has 1 heterocycles. The molecule has 8 nitrogen and oxygen atoms in total. The van der Waals surface area contributed by atoms with Gasteiger partial charge in [0.2, 0.25) is 0 Å². The van der Waals surface area contributed by atoms with Crippen molar-refractivity contribution in [3.05, 3.63) is 23.8 Å². The summed E-state index contributed by atoms with van der Waals surface area (Å²) in [6.07, 6.45) is 1.10. The summed E-state index contributed by atoms with van der Waals surface area (Å²) < 4.78 is 15.9. The minimum Gasteiger partial charge on any atom is -0.497 e. The maximum Gasteiger partial charge on any atom is 0.191 e. The zero-order valence-electron chi connectivity index (χ0n) is 19.2. The number of methoxy groups -OCH3 is 3. The van der Waals surface area contributed by atoms with Gasteiger partial charge in [-0.05, 0) is 38.1 Å². The van der Waals surface area contributed by atoms with Gasteiger partial charge in [0.05, 0.1) is 27.4 Å². The van der Waals surface area contributed by atoms with E-state index in [4.69, 9.17) is 19.2 Å². The van der Waals surface area contributed by atoms with Crippen molar-refractivity contribution in [1.29, 1.82) is 0 Å². The van der Waals surface area contributed by atoms with Crippen LogP contribution in [0.15, 0.2) is 23.2 Å². The topological polar surface area (TPSA) is 70.6 Å². The van der Waals surface area contributed by atoms with Crippen LogP contribution in [0.25, 0.3) is 0 Å². The van der Waals surface area contributed by atoms with E-state index in [0.717, 1.165) is 76.3 Å². The van der Waals surface area contributed by atoms with Gasteiger partial charge in [0.15, 0.2) is 5.96 Å². The van der Waals surface area contributed by atoms with Crippen LogP contribution in [0.4, 0.5) is 0 Å². The first-order valence-electron chi connectivity index (χ1n) is 10.7. The van der Waals surface area contributed by atoms with Crippen LogP contribution in [0.1, 0.15) is 18.9 Å². The number of nitrogens with one attached hydrogen (secondary N) is 2. The number of aliphatic imine (C=N–C) groups is 1. The molecule has 1 atom stereocenters. The number of likely N-dealkylation sites (tertiary alicyclic amines) is 1. The van der Waals surface area contributed by atoms with Crippen LogP contribution in [0.3, 0.4) is 0 Å². The zero-order valence-corrected chi connectivity index (χ0v) is 19.2. The van der Waals surface area contributed by atoms with E-state index in [0.29, 0.717) is 6.04 Å². The molecule has 1 unspecified atom stereocenters. The Morgan fingerprint density at radius 2 is 1.90 bits per heavy atom. The van der Waals surface area contributed by atoms with E-state index >= 15 is 0 Å². The van der Waals surface area contributed by atoms with Crippen LogP contribution in [-0.2, 0) is 11.3 Å². The van der Waals surface area contributed by atoms with Crippen LogP contribution >= 0.6 is 0 Å². The van der Waals surface area contributed by atoms with Gasteiger partial charge in [-0.2, -0.15) is 0 Å². The lowest BCUT2D eigenvalue weighted by Gasteiger charge is -2.20. The molecular weight excluding hydrogens is 382 g/mol. The second-order valence-corrected chi connectivity index (χ2v) is 7.64. The number of guanidine groups is 1. The van der Waals surface area contributed by atoms with E-state index in [2.05, 4.69) is 46.5 Å². The summed E-state index contributed by atoms with van der Waals surface area (Å²) >= 11 is 0. The highest BCUT2D eigenvalue weighted by molar-refractivity contribution is 5.80. The molecule has 0 bridgehead atoms. The van der Waals surface area contributed by atoms with Crippen molar-refractivity contribution in [2.75, 3.05) is 74.3 Å². The molecule has 1 saturated heterocycles. The summed E-state index contributed by atoms with van der Waals surface area (Å²) in [6, 6.07) is 6.45. The maximum atomic E-state index is 5.39. The number of likely N-dealkylation sites (N-methyl/N-ethyl adjacent to an activating group) is 1. The van der Waals surface area contributed by atoms with E-state index in [9.17, 15) is 0 Å². The summed E-state index contributed by atoms with van der Waals surface area (Å²) in [5.74, 6) is 2.55. The predicted octanol–water partition coefficient (Wildman–Crippen LogP) is 1.41. The van der Waals surface area contributed by atoms with E-state index < -0.39 is 0 Å². The molecule has 0 aromatic heterocycles. The maximum absolute atomic E-state index is 5.39. The zero-order chi connectivity index (χ0) is 21.8. The van der Waals surface area contributed by atoms with E-state index in [-0.39, 0.29) is 0 Å². The Labute approximate surface area is 181 Å². The molecule has 0 saturated carbocycles. The number of hydrogen-bond donors (Lipinski definition) is 2. The van der Waals surface area contributed by atoms with Crippen LogP contribution in [0.5, 0.6) is 11.5 Å². The minimum atomic E-state index is 0.390. The van der Waals surface area contributed by atoms with Gasteiger partial charge in [-0.3, -0.25) is 9.89 Å². The molecule has 170 valence electrons. The van der Waals surface area contributed by atoms with Gasteiger partial charge >= 0.3 is 0 Å². The number of nitrogens with zero attached hydrogens (tertiary/aromatic N) is 3. The first-order valence-corrected chi connectivity index (χ1v) is 10.7. The van der Waals surface area contributed by atoms with Crippen molar-refractivity contribution < 1.29 is 14.2 Å². The molecule has 30 heavy (non-hydrogen) atoms. The Morgan fingerprint density at radius 3 is 2.53 bits per heavy atom. The molecule has 1 fully saturated rings. The van der Waals surface area contributed by atoms with Crippen LogP contribution in [0, 0.1) is 0 Å². The largest absolute Gasteiger partial charge is 0.497 e. The molecule has 0 spiro atoms. The quantitative estimate of drug-likeness (QED) is 0.391. The summed E-state index contributed by atoms with van der Waals surface area (Å²) in [6.45, 7) is 9.20. The first kappa shape index (κ1) is 24.2. The normalized spacial score (nSPS) is 17.4. The molecule has 1 aromatic carbocycles. The molecular formula is C22H39N5O3. The lowest BCUT2D eigenvalue weighted by atomic mass is 10.2. The van der Waals surface area contributed by atoms with Gasteiger partial charge < -0.3 is 29.7 Å². The lowest BCUT2D eigenvalue weighted by Crippen LogP contribution is -2.45. The van der Waals surface area contributed by atoms with Gasteiger partial charge in [-0.15, -0.1) is 0 Å². The Morgan fingerprint density at radius 1 is 1.17 bits per heavy atom. The fourth-order valence-corrected chi connectivity index (χ4v) is 3.51. The molecule has 0 radical (unpaired) electrons. The average molecular weight is 422 g/mol. The second kappa shape index (κ2) is 13.3. The summed E-state index contributed by atoms with van der Waals surface area (Å²) in [7, 11) is 7.20. The van der Waals surface area contributed by atoms with Crippen molar-refractivity contribution in [3.8, 4) is 11.5 Å². The molecule has 8 heteroatoms. The Hall–Kier alpha value is -2.03. The molecule has 2 rings (SSSR count). The Kier molecular flexibility index (Phi) is 10.8. The van der Waals surface area contributed by atoms with Gasteiger partial charge in [-0.1, -0.05) is 0 Å². The smallest absolute Gasteiger partial charge is 0.191 e. The monoisotopic (exact) mass is 421 g/mol.